The van der Waals surface area contributed by atoms with Gasteiger partial charge in [-0.3, -0.25) is 4.79 Å². The van der Waals surface area contributed by atoms with Gasteiger partial charge in [0, 0.05) is 12.0 Å². The molecule has 0 radical (unpaired) electrons. The predicted octanol–water partition coefficient (Wildman–Crippen LogP) is 0.590. The molecule has 80 valence electrons. The van der Waals surface area contributed by atoms with Gasteiger partial charge in [-0.1, -0.05) is 0 Å². The highest BCUT2D eigenvalue weighted by molar-refractivity contribution is 5.71. The van der Waals surface area contributed by atoms with E-state index in [-0.39, 0.29) is 17.6 Å². The molecular formula is C10H17NO3. The van der Waals surface area contributed by atoms with Crippen molar-refractivity contribution in [2.75, 3.05) is 13.2 Å². The van der Waals surface area contributed by atoms with Crippen molar-refractivity contribution in [1.82, 2.24) is 0 Å². The molecule has 4 nitrogen and oxygen atoms in total. The Morgan fingerprint density at radius 2 is 2.36 bits per heavy atom. The zero-order chi connectivity index (χ0) is 10.0. The second kappa shape index (κ2) is 3.87. The Labute approximate surface area is 83.7 Å². The summed E-state index contributed by atoms with van der Waals surface area (Å²) in [5.41, 5.74) is 5.68. The summed E-state index contributed by atoms with van der Waals surface area (Å²) in [6.45, 7) is 1.25. The zero-order valence-electron chi connectivity index (χ0n) is 8.33. The van der Waals surface area contributed by atoms with E-state index >= 15 is 0 Å². The van der Waals surface area contributed by atoms with E-state index < -0.39 is 0 Å². The van der Waals surface area contributed by atoms with E-state index in [1.807, 2.05) is 0 Å². The fourth-order valence-corrected chi connectivity index (χ4v) is 1.93. The number of hydrogen-bond acceptors (Lipinski definition) is 4. The van der Waals surface area contributed by atoms with Gasteiger partial charge in [0.15, 0.2) is 0 Å². The van der Waals surface area contributed by atoms with Gasteiger partial charge in [0.25, 0.3) is 0 Å². The monoisotopic (exact) mass is 199 g/mol. The molecule has 1 aliphatic carbocycles. The van der Waals surface area contributed by atoms with E-state index in [0.29, 0.717) is 19.6 Å². The van der Waals surface area contributed by atoms with Gasteiger partial charge in [-0.2, -0.15) is 0 Å². The number of carbonyl (C=O) groups is 1. The Morgan fingerprint density at radius 1 is 1.57 bits per heavy atom. The van der Waals surface area contributed by atoms with Crippen molar-refractivity contribution in [3.05, 3.63) is 0 Å². The highest BCUT2D eigenvalue weighted by atomic mass is 16.6. The van der Waals surface area contributed by atoms with Crippen LogP contribution in [0.1, 0.15) is 32.1 Å². The topological polar surface area (TPSA) is 61.6 Å². The summed E-state index contributed by atoms with van der Waals surface area (Å²) < 4.78 is 10.4. The number of ether oxygens (including phenoxy) is 2. The van der Waals surface area contributed by atoms with Crippen molar-refractivity contribution in [3.63, 3.8) is 0 Å². The van der Waals surface area contributed by atoms with Crippen LogP contribution in [0.4, 0.5) is 0 Å². The Morgan fingerprint density at radius 3 is 2.86 bits per heavy atom. The van der Waals surface area contributed by atoms with Gasteiger partial charge in [0.2, 0.25) is 0 Å². The fraction of sp³-hybridized carbons (Fsp3) is 0.900. The van der Waals surface area contributed by atoms with Crippen molar-refractivity contribution in [2.45, 2.75) is 43.7 Å². The molecule has 1 heterocycles. The van der Waals surface area contributed by atoms with Crippen molar-refractivity contribution in [1.29, 1.82) is 0 Å². The Hall–Kier alpha value is -0.610. The van der Waals surface area contributed by atoms with Crippen LogP contribution in [-0.4, -0.2) is 30.8 Å². The molecule has 1 saturated carbocycles. The number of hydrogen-bond donors (Lipinski definition) is 1. The van der Waals surface area contributed by atoms with Gasteiger partial charge in [0.1, 0.15) is 6.10 Å². The highest BCUT2D eigenvalue weighted by Gasteiger charge is 2.36. The summed E-state index contributed by atoms with van der Waals surface area (Å²) >= 11 is 0. The SMILES string of the molecule is NC1(CC(=O)OC2CCOC2)CCC1. The molecule has 2 rings (SSSR count). The molecule has 0 aromatic heterocycles. The third-order valence-electron chi connectivity index (χ3n) is 3.03. The number of esters is 1. The maximum Gasteiger partial charge on any atom is 0.308 e. The molecule has 0 amide bonds. The molecule has 1 saturated heterocycles. The summed E-state index contributed by atoms with van der Waals surface area (Å²) in [4.78, 5) is 11.4. The molecule has 0 bridgehead atoms. The van der Waals surface area contributed by atoms with E-state index in [0.717, 1.165) is 25.7 Å². The smallest absolute Gasteiger partial charge is 0.308 e. The quantitative estimate of drug-likeness (QED) is 0.676. The van der Waals surface area contributed by atoms with Crippen molar-refractivity contribution in [2.24, 2.45) is 5.73 Å². The Balaban J connectivity index is 1.72. The first kappa shape index (κ1) is 9.93. The fourth-order valence-electron chi connectivity index (χ4n) is 1.93. The third-order valence-corrected chi connectivity index (χ3v) is 3.03. The third kappa shape index (κ3) is 2.25. The van der Waals surface area contributed by atoms with Crippen molar-refractivity contribution < 1.29 is 14.3 Å². The van der Waals surface area contributed by atoms with Crippen LogP contribution in [0.15, 0.2) is 0 Å². The van der Waals surface area contributed by atoms with Crippen LogP contribution < -0.4 is 5.73 Å². The predicted molar refractivity (Wildman–Crippen MR) is 50.7 cm³/mol. The maximum atomic E-state index is 11.4. The summed E-state index contributed by atoms with van der Waals surface area (Å²) in [7, 11) is 0. The molecule has 2 aliphatic rings. The van der Waals surface area contributed by atoms with Crippen LogP contribution in [0, 0.1) is 0 Å². The lowest BCUT2D eigenvalue weighted by Crippen LogP contribution is -2.48. The van der Waals surface area contributed by atoms with Crippen LogP contribution in [0.5, 0.6) is 0 Å². The molecule has 2 fully saturated rings. The second-order valence-corrected chi connectivity index (χ2v) is 4.37. The molecule has 1 atom stereocenters. The number of rotatable bonds is 3. The lowest BCUT2D eigenvalue weighted by Gasteiger charge is -2.37. The first-order chi connectivity index (χ1) is 6.68. The van der Waals surface area contributed by atoms with Gasteiger partial charge in [-0.05, 0) is 19.3 Å². The zero-order valence-corrected chi connectivity index (χ0v) is 8.33. The van der Waals surface area contributed by atoms with E-state index in [2.05, 4.69) is 0 Å². The van der Waals surface area contributed by atoms with E-state index in [1.54, 1.807) is 0 Å². The lowest BCUT2D eigenvalue weighted by molar-refractivity contribution is -0.151. The van der Waals surface area contributed by atoms with E-state index in [4.69, 9.17) is 15.2 Å². The van der Waals surface area contributed by atoms with Gasteiger partial charge in [-0.15, -0.1) is 0 Å². The summed E-state index contributed by atoms with van der Waals surface area (Å²) in [5.74, 6) is -0.164. The van der Waals surface area contributed by atoms with Gasteiger partial charge in [-0.25, -0.2) is 0 Å². The number of nitrogens with two attached hydrogens (primary N) is 1. The van der Waals surface area contributed by atoms with Crippen molar-refractivity contribution >= 4 is 5.97 Å². The molecule has 14 heavy (non-hydrogen) atoms. The molecular weight excluding hydrogens is 182 g/mol. The summed E-state index contributed by atoms with van der Waals surface area (Å²) in [5, 5.41) is 0. The lowest BCUT2D eigenvalue weighted by atomic mass is 9.75. The average Bonchev–Trinajstić information content (AvgIpc) is 2.53. The normalized spacial score (nSPS) is 29.6. The first-order valence-corrected chi connectivity index (χ1v) is 5.24. The van der Waals surface area contributed by atoms with Crippen LogP contribution in [0.3, 0.4) is 0 Å². The molecule has 1 unspecified atom stereocenters. The van der Waals surface area contributed by atoms with Crippen LogP contribution in [0.25, 0.3) is 0 Å². The minimum absolute atomic E-state index is 0.0359. The second-order valence-electron chi connectivity index (χ2n) is 4.37. The van der Waals surface area contributed by atoms with E-state index in [1.165, 1.54) is 0 Å². The minimum Gasteiger partial charge on any atom is -0.460 e. The molecule has 2 N–H and O–H groups in total. The molecule has 4 heteroatoms. The number of carbonyl (C=O) groups excluding carboxylic acids is 1. The minimum atomic E-state index is -0.267. The van der Waals surface area contributed by atoms with Crippen LogP contribution >= 0.6 is 0 Å². The first-order valence-electron chi connectivity index (χ1n) is 5.24. The van der Waals surface area contributed by atoms with Crippen molar-refractivity contribution in [3.8, 4) is 0 Å². The molecule has 0 spiro atoms. The molecule has 0 aromatic rings. The summed E-state index contributed by atoms with van der Waals surface area (Å²) in [6.07, 6.45) is 4.18. The van der Waals surface area contributed by atoms with Gasteiger partial charge < -0.3 is 15.2 Å². The highest BCUT2D eigenvalue weighted by Crippen LogP contribution is 2.32. The molecule has 0 aromatic carbocycles. The maximum absolute atomic E-state index is 11.4. The van der Waals surface area contributed by atoms with E-state index in [9.17, 15) is 4.79 Å². The average molecular weight is 199 g/mol. The Kier molecular flexibility index (Phi) is 2.74. The largest absolute Gasteiger partial charge is 0.460 e. The van der Waals surface area contributed by atoms with Crippen LogP contribution in [-0.2, 0) is 14.3 Å². The summed E-state index contributed by atoms with van der Waals surface area (Å²) in [6, 6.07) is 0. The van der Waals surface area contributed by atoms with Gasteiger partial charge >= 0.3 is 5.97 Å². The Bertz CT molecular complexity index is 219. The van der Waals surface area contributed by atoms with Crippen LogP contribution in [0.2, 0.25) is 0 Å². The standard InChI is InChI=1S/C10H17NO3/c11-10(3-1-4-10)6-9(12)14-8-2-5-13-7-8/h8H,1-7,11H2. The van der Waals surface area contributed by atoms with Gasteiger partial charge in [0.05, 0.1) is 19.6 Å². The molecule has 1 aliphatic heterocycles.